The molecule has 2 aliphatic heterocycles. The number of carbonyl (C=O) groups is 2. The van der Waals surface area contributed by atoms with Crippen molar-refractivity contribution < 1.29 is 19.4 Å². The van der Waals surface area contributed by atoms with Gasteiger partial charge in [-0.2, -0.15) is 0 Å². The van der Waals surface area contributed by atoms with Crippen LogP contribution in [-0.4, -0.2) is 66.0 Å². The summed E-state index contributed by atoms with van der Waals surface area (Å²) in [5.74, 6) is -1.29. The van der Waals surface area contributed by atoms with Crippen molar-refractivity contribution in [3.8, 4) is 0 Å². The van der Waals surface area contributed by atoms with Crippen LogP contribution in [0.2, 0.25) is 0 Å². The second-order valence-electron chi connectivity index (χ2n) is 7.33. The van der Waals surface area contributed by atoms with Crippen molar-refractivity contribution in [3.63, 3.8) is 0 Å². The van der Waals surface area contributed by atoms with Crippen LogP contribution in [-0.2, 0) is 14.3 Å². The Balaban J connectivity index is 1.68. The van der Waals surface area contributed by atoms with Crippen LogP contribution < -0.4 is 0 Å². The number of thiophene rings is 1. The maximum atomic E-state index is 12.9. The number of rotatable bonds is 5. The molecule has 2 saturated heterocycles. The number of hydrogen-bond donors (Lipinski definition) is 1. The smallest absolute Gasteiger partial charge is 0.295 e. The molecule has 7 heteroatoms. The zero-order valence-corrected chi connectivity index (χ0v) is 17.2. The second-order valence-corrected chi connectivity index (χ2v) is 8.31. The molecule has 0 saturated carbocycles. The zero-order valence-electron chi connectivity index (χ0n) is 16.3. The van der Waals surface area contributed by atoms with Gasteiger partial charge in [-0.25, -0.2) is 0 Å². The highest BCUT2D eigenvalue weighted by atomic mass is 32.1. The largest absolute Gasteiger partial charge is 0.507 e. The van der Waals surface area contributed by atoms with Crippen molar-refractivity contribution in [2.24, 2.45) is 0 Å². The monoisotopic (exact) mass is 412 g/mol. The van der Waals surface area contributed by atoms with E-state index in [0.717, 1.165) is 23.5 Å². The average Bonchev–Trinajstić information content (AvgIpc) is 3.35. The van der Waals surface area contributed by atoms with Crippen molar-refractivity contribution in [2.75, 3.05) is 39.4 Å². The molecule has 0 unspecified atom stereocenters. The van der Waals surface area contributed by atoms with Crippen LogP contribution >= 0.6 is 11.3 Å². The molecule has 6 nitrogen and oxygen atoms in total. The summed E-state index contributed by atoms with van der Waals surface area (Å²) in [6.07, 6.45) is 0. The third-order valence-electron chi connectivity index (χ3n) is 5.44. The Morgan fingerprint density at radius 2 is 1.86 bits per heavy atom. The van der Waals surface area contributed by atoms with Gasteiger partial charge in [0.25, 0.3) is 11.7 Å². The van der Waals surface area contributed by atoms with Crippen molar-refractivity contribution in [1.82, 2.24) is 9.80 Å². The molecule has 1 atom stereocenters. The summed E-state index contributed by atoms with van der Waals surface area (Å²) in [5.41, 5.74) is 1.77. The predicted molar refractivity (Wildman–Crippen MR) is 112 cm³/mol. The number of aliphatic hydroxyl groups excluding tert-OH is 1. The minimum atomic E-state index is -0.622. The van der Waals surface area contributed by atoms with E-state index in [2.05, 4.69) is 4.90 Å². The Hall–Kier alpha value is -2.48. The Kier molecular flexibility index (Phi) is 5.80. The summed E-state index contributed by atoms with van der Waals surface area (Å²) < 4.78 is 5.38. The van der Waals surface area contributed by atoms with Crippen LogP contribution in [0.25, 0.3) is 5.76 Å². The lowest BCUT2D eigenvalue weighted by Gasteiger charge is -2.30. The van der Waals surface area contributed by atoms with Gasteiger partial charge in [0, 0.05) is 36.6 Å². The molecule has 2 aliphatic rings. The predicted octanol–water partition coefficient (Wildman–Crippen LogP) is 2.81. The number of benzene rings is 1. The topological polar surface area (TPSA) is 70.1 Å². The molecular formula is C22H24N2O4S. The lowest BCUT2D eigenvalue weighted by atomic mass is 9.99. The van der Waals surface area contributed by atoms with Gasteiger partial charge in [0.2, 0.25) is 0 Å². The van der Waals surface area contributed by atoms with Crippen molar-refractivity contribution in [1.29, 1.82) is 0 Å². The van der Waals surface area contributed by atoms with Crippen molar-refractivity contribution in [2.45, 2.75) is 13.0 Å². The van der Waals surface area contributed by atoms with Gasteiger partial charge >= 0.3 is 0 Å². The highest BCUT2D eigenvalue weighted by Gasteiger charge is 2.46. The summed E-state index contributed by atoms with van der Waals surface area (Å²) in [6.45, 7) is 6.05. The first kappa shape index (κ1) is 19.8. The van der Waals surface area contributed by atoms with Crippen LogP contribution in [0.3, 0.4) is 0 Å². The Bertz CT molecular complexity index is 915. The SMILES string of the molecule is Cc1ccc(/C(O)=C2\C(=O)C(=O)N(CCN3CCOCC3)[C@H]2c2cccs2)cc1. The number of aryl methyl sites for hydroxylation is 1. The number of amides is 1. The van der Waals surface area contributed by atoms with E-state index < -0.39 is 17.7 Å². The van der Waals surface area contributed by atoms with Gasteiger partial charge in [-0.05, 0) is 18.4 Å². The average molecular weight is 413 g/mol. The number of morpholine rings is 1. The van der Waals surface area contributed by atoms with E-state index in [1.807, 2.05) is 36.6 Å². The van der Waals surface area contributed by atoms with Gasteiger partial charge in [0.15, 0.2) is 0 Å². The van der Waals surface area contributed by atoms with Gasteiger partial charge in [-0.15, -0.1) is 11.3 Å². The molecule has 2 fully saturated rings. The number of carbonyl (C=O) groups excluding carboxylic acids is 2. The first-order chi connectivity index (χ1) is 14.1. The van der Waals surface area contributed by atoms with Gasteiger partial charge in [0.05, 0.1) is 24.8 Å². The maximum Gasteiger partial charge on any atom is 0.295 e. The number of Topliss-reactive ketones (excluding diaryl/α,β-unsaturated/α-hetero) is 1. The molecule has 0 aliphatic carbocycles. The Labute approximate surface area is 174 Å². The van der Waals surface area contributed by atoms with E-state index in [1.54, 1.807) is 17.0 Å². The van der Waals surface area contributed by atoms with Crippen LogP contribution in [0.5, 0.6) is 0 Å². The van der Waals surface area contributed by atoms with E-state index in [1.165, 1.54) is 11.3 Å². The van der Waals surface area contributed by atoms with Gasteiger partial charge in [-0.1, -0.05) is 35.9 Å². The highest BCUT2D eigenvalue weighted by molar-refractivity contribution is 7.10. The summed E-state index contributed by atoms with van der Waals surface area (Å²) in [7, 11) is 0. The molecule has 1 amide bonds. The number of nitrogens with zero attached hydrogens (tertiary/aromatic N) is 2. The van der Waals surface area contributed by atoms with Gasteiger partial charge in [-0.3, -0.25) is 14.5 Å². The summed E-state index contributed by atoms with van der Waals surface area (Å²) in [5, 5.41) is 12.9. The molecule has 29 heavy (non-hydrogen) atoms. The Morgan fingerprint density at radius 3 is 2.52 bits per heavy atom. The van der Waals surface area contributed by atoms with E-state index in [9.17, 15) is 14.7 Å². The van der Waals surface area contributed by atoms with E-state index in [4.69, 9.17) is 4.74 Å². The van der Waals surface area contributed by atoms with Crippen molar-refractivity contribution >= 4 is 28.8 Å². The third kappa shape index (κ3) is 3.99. The lowest BCUT2D eigenvalue weighted by molar-refractivity contribution is -0.140. The molecule has 0 spiro atoms. The normalized spacial score (nSPS) is 22.4. The third-order valence-corrected chi connectivity index (χ3v) is 6.36. The Morgan fingerprint density at radius 1 is 1.14 bits per heavy atom. The maximum absolute atomic E-state index is 12.9. The fourth-order valence-electron chi connectivity index (χ4n) is 3.79. The first-order valence-corrected chi connectivity index (χ1v) is 10.6. The molecule has 1 aromatic carbocycles. The molecule has 3 heterocycles. The summed E-state index contributed by atoms with van der Waals surface area (Å²) in [6, 6.07) is 10.6. The van der Waals surface area contributed by atoms with Crippen LogP contribution in [0.15, 0.2) is 47.4 Å². The summed E-state index contributed by atoms with van der Waals surface area (Å²) in [4.78, 5) is 30.5. The number of ether oxygens (including phenoxy) is 1. The van der Waals surface area contributed by atoms with E-state index >= 15 is 0 Å². The van der Waals surface area contributed by atoms with Crippen molar-refractivity contribution in [3.05, 3.63) is 63.4 Å². The van der Waals surface area contributed by atoms with Gasteiger partial charge in [0.1, 0.15) is 5.76 Å². The van der Waals surface area contributed by atoms with Crippen LogP contribution in [0, 0.1) is 6.92 Å². The van der Waals surface area contributed by atoms with E-state index in [-0.39, 0.29) is 11.3 Å². The standard InChI is InChI=1S/C22H24N2O4S/c1-15-4-6-16(7-5-15)20(25)18-19(17-3-2-14-29-17)24(22(27)21(18)26)9-8-23-10-12-28-13-11-23/h2-7,14,19,25H,8-13H2,1H3/b20-18+/t19-/m0/s1. The molecule has 1 N–H and O–H groups in total. The minimum absolute atomic E-state index is 0.115. The van der Waals surface area contributed by atoms with Gasteiger partial charge < -0.3 is 14.7 Å². The molecule has 2 aromatic rings. The minimum Gasteiger partial charge on any atom is -0.507 e. The first-order valence-electron chi connectivity index (χ1n) is 9.75. The highest BCUT2D eigenvalue weighted by Crippen LogP contribution is 2.40. The fourth-order valence-corrected chi connectivity index (χ4v) is 4.64. The van der Waals surface area contributed by atoms with Crippen LogP contribution in [0.4, 0.5) is 0 Å². The number of aliphatic hydroxyl groups is 1. The second kappa shape index (κ2) is 8.49. The molecule has 1 aromatic heterocycles. The quantitative estimate of drug-likeness (QED) is 0.465. The van der Waals surface area contributed by atoms with Crippen LogP contribution in [0.1, 0.15) is 22.0 Å². The van der Waals surface area contributed by atoms with E-state index in [0.29, 0.717) is 31.9 Å². The zero-order chi connectivity index (χ0) is 20.4. The molecule has 152 valence electrons. The molecule has 4 rings (SSSR count). The molecule has 0 radical (unpaired) electrons. The number of likely N-dealkylation sites (tertiary alicyclic amines) is 1. The number of hydrogen-bond acceptors (Lipinski definition) is 6. The fraction of sp³-hybridized carbons (Fsp3) is 0.364. The molecule has 0 bridgehead atoms. The summed E-state index contributed by atoms with van der Waals surface area (Å²) >= 11 is 1.48. The number of ketones is 1. The molecular weight excluding hydrogens is 388 g/mol. The lowest BCUT2D eigenvalue weighted by Crippen LogP contribution is -2.42.